The number of rotatable bonds is 1. The van der Waals surface area contributed by atoms with Crippen LogP contribution in [0.15, 0.2) is 18.2 Å². The highest BCUT2D eigenvalue weighted by Crippen LogP contribution is 2.38. The molecule has 3 rings (SSSR count). The summed E-state index contributed by atoms with van der Waals surface area (Å²) in [6.45, 7) is 1.05. The Bertz CT molecular complexity index is 529. The minimum absolute atomic E-state index is 0.0302. The number of piperidine rings is 1. The zero-order chi connectivity index (χ0) is 13.5. The van der Waals surface area contributed by atoms with E-state index in [-0.39, 0.29) is 17.6 Å². The Kier molecular flexibility index (Phi) is 3.02. The summed E-state index contributed by atoms with van der Waals surface area (Å²) < 4.78 is 19.4. The summed E-state index contributed by atoms with van der Waals surface area (Å²) >= 11 is 0. The van der Waals surface area contributed by atoms with Crippen LogP contribution in [0.25, 0.3) is 0 Å². The van der Waals surface area contributed by atoms with Crippen molar-refractivity contribution in [3.63, 3.8) is 0 Å². The molecule has 2 aliphatic heterocycles. The second-order valence-electron chi connectivity index (χ2n) is 5.34. The number of hydrogen-bond donors (Lipinski definition) is 2. The number of morpholine rings is 1. The molecular formula is C14H15FN2O2. The van der Waals surface area contributed by atoms with Crippen LogP contribution in [0.1, 0.15) is 24.0 Å². The van der Waals surface area contributed by atoms with Gasteiger partial charge in [-0.05, 0) is 31.0 Å². The summed E-state index contributed by atoms with van der Waals surface area (Å²) in [6.07, 6.45) is 0.796. The second kappa shape index (κ2) is 4.57. The van der Waals surface area contributed by atoms with Crippen molar-refractivity contribution < 1.29 is 14.2 Å². The maximum absolute atomic E-state index is 14.0. The van der Waals surface area contributed by atoms with Crippen LogP contribution < -0.4 is 5.32 Å². The normalized spacial score (nSPS) is 33.7. The second-order valence-corrected chi connectivity index (χ2v) is 5.34. The number of aliphatic hydroxyl groups is 1. The number of ether oxygens (including phenoxy) is 1. The van der Waals surface area contributed by atoms with Crippen LogP contribution in [-0.4, -0.2) is 30.4 Å². The molecule has 2 bridgehead atoms. The van der Waals surface area contributed by atoms with Gasteiger partial charge in [0.1, 0.15) is 5.82 Å². The summed E-state index contributed by atoms with van der Waals surface area (Å²) in [5, 5.41) is 23.1. The smallest absolute Gasteiger partial charge is 0.129 e. The predicted octanol–water partition coefficient (Wildman–Crippen LogP) is 1.04. The van der Waals surface area contributed by atoms with E-state index < -0.39 is 11.4 Å². The third-order valence-electron chi connectivity index (χ3n) is 3.87. The molecule has 2 aliphatic rings. The van der Waals surface area contributed by atoms with Gasteiger partial charge in [-0.15, -0.1) is 0 Å². The van der Waals surface area contributed by atoms with Gasteiger partial charge in [0.15, 0.2) is 0 Å². The molecule has 1 aromatic carbocycles. The third-order valence-corrected chi connectivity index (χ3v) is 3.87. The Morgan fingerprint density at radius 1 is 1.37 bits per heavy atom. The molecule has 1 aromatic rings. The Hall–Kier alpha value is -1.48. The fraction of sp³-hybridized carbons (Fsp3) is 0.500. The molecule has 2 saturated heterocycles. The van der Waals surface area contributed by atoms with E-state index in [1.165, 1.54) is 18.2 Å². The topological polar surface area (TPSA) is 65.3 Å². The minimum atomic E-state index is -1.22. The lowest BCUT2D eigenvalue weighted by molar-refractivity contribution is -0.0817. The molecule has 19 heavy (non-hydrogen) atoms. The molecule has 0 aliphatic carbocycles. The molecule has 2 unspecified atom stereocenters. The average molecular weight is 262 g/mol. The van der Waals surface area contributed by atoms with Crippen LogP contribution in [-0.2, 0) is 10.3 Å². The summed E-state index contributed by atoms with van der Waals surface area (Å²) in [5.41, 5.74) is -0.629. The van der Waals surface area contributed by atoms with Crippen molar-refractivity contribution in [1.29, 1.82) is 5.26 Å². The lowest BCUT2D eigenvalue weighted by Gasteiger charge is -2.45. The Morgan fingerprint density at radius 2 is 2.05 bits per heavy atom. The first-order chi connectivity index (χ1) is 9.10. The Morgan fingerprint density at radius 3 is 2.68 bits per heavy atom. The first kappa shape index (κ1) is 12.5. The van der Waals surface area contributed by atoms with Gasteiger partial charge in [0.2, 0.25) is 0 Å². The molecule has 0 spiro atoms. The number of benzene rings is 1. The van der Waals surface area contributed by atoms with Crippen LogP contribution in [0.3, 0.4) is 0 Å². The van der Waals surface area contributed by atoms with Crippen LogP contribution >= 0.6 is 0 Å². The van der Waals surface area contributed by atoms with E-state index in [9.17, 15) is 9.50 Å². The molecular weight excluding hydrogens is 247 g/mol. The van der Waals surface area contributed by atoms with E-state index in [2.05, 4.69) is 5.32 Å². The Balaban J connectivity index is 1.98. The number of nitrogens with one attached hydrogen (secondary N) is 1. The van der Waals surface area contributed by atoms with Gasteiger partial charge in [-0.3, -0.25) is 0 Å². The van der Waals surface area contributed by atoms with Crippen LogP contribution in [0, 0.1) is 17.1 Å². The van der Waals surface area contributed by atoms with Crippen molar-refractivity contribution in [1.82, 2.24) is 5.32 Å². The molecule has 2 N–H and O–H groups in total. The van der Waals surface area contributed by atoms with Crippen molar-refractivity contribution in [2.45, 2.75) is 30.5 Å². The molecule has 0 aromatic heterocycles. The summed E-state index contributed by atoms with van der Waals surface area (Å²) in [5.74, 6) is -0.456. The van der Waals surface area contributed by atoms with Gasteiger partial charge in [-0.1, -0.05) is 0 Å². The largest absolute Gasteiger partial charge is 0.385 e. The molecule has 2 atom stereocenters. The highest BCUT2D eigenvalue weighted by molar-refractivity contribution is 5.37. The highest BCUT2D eigenvalue weighted by Gasteiger charge is 2.43. The fourth-order valence-electron chi connectivity index (χ4n) is 3.09. The number of nitriles is 1. The van der Waals surface area contributed by atoms with Gasteiger partial charge in [0.05, 0.1) is 30.4 Å². The van der Waals surface area contributed by atoms with Crippen LogP contribution in [0.4, 0.5) is 4.39 Å². The molecule has 100 valence electrons. The van der Waals surface area contributed by atoms with E-state index in [1.54, 1.807) is 0 Å². The van der Waals surface area contributed by atoms with Crippen molar-refractivity contribution in [3.05, 3.63) is 35.1 Å². The van der Waals surface area contributed by atoms with Gasteiger partial charge in [-0.25, -0.2) is 4.39 Å². The monoisotopic (exact) mass is 262 g/mol. The number of nitrogens with zero attached hydrogens (tertiary/aromatic N) is 1. The average Bonchev–Trinajstić information content (AvgIpc) is 2.38. The lowest BCUT2D eigenvalue weighted by Crippen LogP contribution is -2.58. The van der Waals surface area contributed by atoms with Gasteiger partial charge in [-0.2, -0.15) is 5.26 Å². The van der Waals surface area contributed by atoms with Gasteiger partial charge >= 0.3 is 0 Å². The van der Waals surface area contributed by atoms with E-state index in [0.717, 1.165) is 0 Å². The van der Waals surface area contributed by atoms with Crippen molar-refractivity contribution >= 4 is 0 Å². The lowest BCUT2D eigenvalue weighted by atomic mass is 9.77. The SMILES string of the molecule is N#Cc1ccc(F)c(C2(O)CC3COCC(C2)N3)c1. The number of halogens is 1. The quantitative estimate of drug-likeness (QED) is 0.793. The van der Waals surface area contributed by atoms with Crippen molar-refractivity contribution in [3.8, 4) is 6.07 Å². The Labute approximate surface area is 110 Å². The van der Waals surface area contributed by atoms with Gasteiger partial charge < -0.3 is 15.2 Å². The summed E-state index contributed by atoms with van der Waals surface area (Å²) in [6, 6.07) is 6.17. The standard InChI is InChI=1S/C14H15FN2O2/c15-13-2-1-9(6-16)3-12(13)14(18)4-10-7-19-8-11(5-14)17-10/h1-3,10-11,17-18H,4-5,7-8H2. The molecule has 2 heterocycles. The summed E-state index contributed by atoms with van der Waals surface area (Å²) in [4.78, 5) is 0. The van der Waals surface area contributed by atoms with Crippen LogP contribution in [0.5, 0.6) is 0 Å². The molecule has 0 amide bonds. The highest BCUT2D eigenvalue weighted by atomic mass is 19.1. The van der Waals surface area contributed by atoms with E-state index in [4.69, 9.17) is 10.00 Å². The number of hydrogen-bond acceptors (Lipinski definition) is 4. The predicted molar refractivity (Wildman–Crippen MR) is 65.8 cm³/mol. The molecule has 0 radical (unpaired) electrons. The maximum Gasteiger partial charge on any atom is 0.129 e. The zero-order valence-corrected chi connectivity index (χ0v) is 10.4. The van der Waals surface area contributed by atoms with Gasteiger partial charge in [0, 0.05) is 17.6 Å². The van der Waals surface area contributed by atoms with Gasteiger partial charge in [0.25, 0.3) is 0 Å². The summed E-state index contributed by atoms with van der Waals surface area (Å²) in [7, 11) is 0. The first-order valence-corrected chi connectivity index (χ1v) is 6.37. The first-order valence-electron chi connectivity index (χ1n) is 6.37. The zero-order valence-electron chi connectivity index (χ0n) is 10.4. The van der Waals surface area contributed by atoms with Crippen molar-refractivity contribution in [2.75, 3.05) is 13.2 Å². The molecule has 5 heteroatoms. The fourth-order valence-corrected chi connectivity index (χ4v) is 3.09. The van der Waals surface area contributed by atoms with Crippen LogP contribution in [0.2, 0.25) is 0 Å². The van der Waals surface area contributed by atoms with E-state index in [1.807, 2.05) is 6.07 Å². The molecule has 0 saturated carbocycles. The van der Waals surface area contributed by atoms with E-state index >= 15 is 0 Å². The number of fused-ring (bicyclic) bond motifs is 2. The van der Waals surface area contributed by atoms with E-state index in [0.29, 0.717) is 31.6 Å². The van der Waals surface area contributed by atoms with Crippen molar-refractivity contribution in [2.24, 2.45) is 0 Å². The third kappa shape index (κ3) is 2.23. The molecule has 4 nitrogen and oxygen atoms in total. The maximum atomic E-state index is 14.0. The minimum Gasteiger partial charge on any atom is -0.385 e. The molecule has 2 fully saturated rings.